The van der Waals surface area contributed by atoms with Crippen molar-refractivity contribution in [1.29, 1.82) is 0 Å². The van der Waals surface area contributed by atoms with Gasteiger partial charge in [-0.05, 0) is 31.9 Å². The number of ether oxygens (including phenoxy) is 1. The monoisotopic (exact) mass is 347 g/mol. The lowest BCUT2D eigenvalue weighted by atomic mass is 10.2. The molecule has 0 saturated carbocycles. The lowest BCUT2D eigenvalue weighted by molar-refractivity contribution is 0.145. The van der Waals surface area contributed by atoms with Gasteiger partial charge >= 0.3 is 11.7 Å². The third-order valence-electron chi connectivity index (χ3n) is 3.56. The van der Waals surface area contributed by atoms with Crippen molar-refractivity contribution in [1.82, 2.24) is 5.32 Å². The molecule has 0 atom stereocenters. The third kappa shape index (κ3) is 5.22. The average molecular weight is 347 g/mol. The normalized spacial score (nSPS) is 10.6. The highest BCUT2D eigenvalue weighted by Crippen LogP contribution is 2.28. The Balaban J connectivity index is 2.17. The van der Waals surface area contributed by atoms with E-state index < -0.39 is 11.7 Å². The lowest BCUT2D eigenvalue weighted by Crippen LogP contribution is -2.32. The first-order valence-corrected chi connectivity index (χ1v) is 8.59. The number of carbonyl (C=O) groups excluding carboxylic acids is 1. The van der Waals surface area contributed by atoms with Crippen LogP contribution in [0.5, 0.6) is 0 Å². The maximum absolute atomic E-state index is 12.3. The summed E-state index contributed by atoms with van der Waals surface area (Å²) in [7, 11) is 0. The van der Waals surface area contributed by atoms with E-state index in [2.05, 4.69) is 16.0 Å². The minimum absolute atomic E-state index is 0.120. The fraction of sp³-hybridized carbons (Fsp3) is 0.444. The van der Waals surface area contributed by atoms with Gasteiger partial charge in [-0.1, -0.05) is 19.1 Å². The van der Waals surface area contributed by atoms with Gasteiger partial charge in [-0.3, -0.25) is 5.32 Å². The van der Waals surface area contributed by atoms with Crippen LogP contribution in [-0.4, -0.2) is 32.3 Å². The van der Waals surface area contributed by atoms with Crippen molar-refractivity contribution in [3.05, 3.63) is 34.7 Å². The largest absolute Gasteiger partial charge is 0.421 e. The van der Waals surface area contributed by atoms with Gasteiger partial charge in [0.2, 0.25) is 0 Å². The molecule has 2 rings (SSSR count). The zero-order chi connectivity index (χ0) is 18.1. The number of urea groups is 1. The van der Waals surface area contributed by atoms with Crippen LogP contribution in [0.4, 0.5) is 16.2 Å². The van der Waals surface area contributed by atoms with Crippen molar-refractivity contribution in [2.75, 3.05) is 36.9 Å². The zero-order valence-corrected chi connectivity index (χ0v) is 14.7. The van der Waals surface area contributed by atoms with Gasteiger partial charge in [0.25, 0.3) is 0 Å². The molecule has 136 valence electrons. The second-order valence-corrected chi connectivity index (χ2v) is 5.49. The summed E-state index contributed by atoms with van der Waals surface area (Å²) < 4.78 is 10.5. The highest BCUT2D eigenvalue weighted by molar-refractivity contribution is 6.01. The summed E-state index contributed by atoms with van der Waals surface area (Å²) in [5.74, 6) is 0. The molecule has 2 amide bonds. The summed E-state index contributed by atoms with van der Waals surface area (Å²) in [5.41, 5.74) is 0.600. The Hall–Kier alpha value is -2.54. The topological polar surface area (TPSA) is 92.6 Å². The SMILES string of the molecule is CCCNc1c(NC(=O)NCCCOCC)c(=O)oc2ccccc12. The first-order chi connectivity index (χ1) is 12.2. The van der Waals surface area contributed by atoms with E-state index in [1.807, 2.05) is 26.0 Å². The number of anilines is 2. The van der Waals surface area contributed by atoms with Crippen LogP contribution in [0.15, 0.2) is 33.5 Å². The van der Waals surface area contributed by atoms with Crippen LogP contribution in [-0.2, 0) is 4.74 Å². The van der Waals surface area contributed by atoms with Gasteiger partial charge < -0.3 is 19.8 Å². The smallest absolute Gasteiger partial charge is 0.362 e. The molecule has 7 heteroatoms. The molecule has 0 saturated heterocycles. The van der Waals surface area contributed by atoms with E-state index in [4.69, 9.17) is 9.15 Å². The zero-order valence-electron chi connectivity index (χ0n) is 14.7. The van der Waals surface area contributed by atoms with Gasteiger partial charge in [-0.25, -0.2) is 9.59 Å². The van der Waals surface area contributed by atoms with E-state index in [9.17, 15) is 9.59 Å². The molecule has 1 aromatic carbocycles. The van der Waals surface area contributed by atoms with Gasteiger partial charge in [0.05, 0.1) is 5.69 Å². The van der Waals surface area contributed by atoms with Crippen LogP contribution in [0, 0.1) is 0 Å². The van der Waals surface area contributed by atoms with Crippen molar-refractivity contribution in [2.24, 2.45) is 0 Å². The molecule has 0 aliphatic heterocycles. The van der Waals surface area contributed by atoms with Crippen LogP contribution >= 0.6 is 0 Å². The predicted octanol–water partition coefficient (Wildman–Crippen LogP) is 3.16. The summed E-state index contributed by atoms with van der Waals surface area (Å²) in [4.78, 5) is 24.4. The van der Waals surface area contributed by atoms with E-state index in [1.165, 1.54) is 0 Å². The molecule has 0 unspecified atom stereocenters. The summed E-state index contributed by atoms with van der Waals surface area (Å²) in [5, 5.41) is 9.29. The second-order valence-electron chi connectivity index (χ2n) is 5.49. The first-order valence-electron chi connectivity index (χ1n) is 8.59. The molecular formula is C18H25N3O4. The van der Waals surface area contributed by atoms with Gasteiger partial charge in [0.1, 0.15) is 5.58 Å². The van der Waals surface area contributed by atoms with Crippen molar-refractivity contribution in [3.63, 3.8) is 0 Å². The van der Waals surface area contributed by atoms with Crippen molar-refractivity contribution in [3.8, 4) is 0 Å². The number of amides is 2. The van der Waals surface area contributed by atoms with E-state index in [-0.39, 0.29) is 5.69 Å². The Morgan fingerprint density at radius 2 is 1.96 bits per heavy atom. The Bertz CT molecular complexity index is 758. The van der Waals surface area contributed by atoms with Crippen molar-refractivity contribution in [2.45, 2.75) is 26.7 Å². The predicted molar refractivity (Wildman–Crippen MR) is 99.4 cm³/mol. The molecule has 2 aromatic rings. The van der Waals surface area contributed by atoms with Gasteiger partial charge in [0.15, 0.2) is 5.69 Å². The number of para-hydroxylation sites is 1. The molecular weight excluding hydrogens is 322 g/mol. The fourth-order valence-corrected chi connectivity index (χ4v) is 2.38. The van der Waals surface area contributed by atoms with E-state index in [1.54, 1.807) is 12.1 Å². The summed E-state index contributed by atoms with van der Waals surface area (Å²) >= 11 is 0. The fourth-order valence-electron chi connectivity index (χ4n) is 2.38. The molecule has 0 aliphatic rings. The number of hydrogen-bond donors (Lipinski definition) is 3. The van der Waals surface area contributed by atoms with Crippen LogP contribution in [0.1, 0.15) is 26.7 Å². The Kier molecular flexibility index (Phi) is 7.28. The highest BCUT2D eigenvalue weighted by Gasteiger charge is 2.16. The lowest BCUT2D eigenvalue weighted by Gasteiger charge is -2.14. The van der Waals surface area contributed by atoms with Crippen LogP contribution in [0.25, 0.3) is 11.0 Å². The molecule has 0 bridgehead atoms. The number of nitrogens with one attached hydrogen (secondary N) is 3. The molecule has 1 heterocycles. The third-order valence-corrected chi connectivity index (χ3v) is 3.56. The quantitative estimate of drug-likeness (QED) is 0.479. The summed E-state index contributed by atoms with van der Waals surface area (Å²) in [6.07, 6.45) is 1.59. The average Bonchev–Trinajstić information content (AvgIpc) is 2.61. The van der Waals surface area contributed by atoms with Gasteiger partial charge in [0, 0.05) is 31.7 Å². The molecule has 7 nitrogen and oxygen atoms in total. The van der Waals surface area contributed by atoms with E-state index in [0.29, 0.717) is 44.0 Å². The van der Waals surface area contributed by atoms with Crippen LogP contribution in [0.2, 0.25) is 0 Å². The van der Waals surface area contributed by atoms with Crippen molar-refractivity contribution < 1.29 is 13.9 Å². The number of hydrogen-bond acceptors (Lipinski definition) is 5. The van der Waals surface area contributed by atoms with Crippen LogP contribution < -0.4 is 21.6 Å². The summed E-state index contributed by atoms with van der Waals surface area (Å²) in [6, 6.07) is 6.79. The number of benzene rings is 1. The first kappa shape index (κ1) is 18.8. The molecule has 1 aromatic heterocycles. The Morgan fingerprint density at radius 1 is 1.16 bits per heavy atom. The van der Waals surface area contributed by atoms with Crippen LogP contribution in [0.3, 0.4) is 0 Å². The van der Waals surface area contributed by atoms with E-state index >= 15 is 0 Å². The van der Waals surface area contributed by atoms with Crippen molar-refractivity contribution >= 4 is 28.4 Å². The number of rotatable bonds is 9. The molecule has 25 heavy (non-hydrogen) atoms. The maximum atomic E-state index is 12.3. The second kappa shape index (κ2) is 9.68. The Labute approximate surface area is 146 Å². The number of carbonyl (C=O) groups is 1. The molecule has 0 fully saturated rings. The van der Waals surface area contributed by atoms with Gasteiger partial charge in [-0.15, -0.1) is 0 Å². The minimum atomic E-state index is -0.582. The highest BCUT2D eigenvalue weighted by atomic mass is 16.5. The molecule has 3 N–H and O–H groups in total. The maximum Gasteiger partial charge on any atom is 0.362 e. The molecule has 0 spiro atoms. The molecule has 0 radical (unpaired) electrons. The minimum Gasteiger partial charge on any atom is -0.421 e. The summed E-state index contributed by atoms with van der Waals surface area (Å²) in [6.45, 7) is 6.32. The Morgan fingerprint density at radius 3 is 2.72 bits per heavy atom. The number of fused-ring (bicyclic) bond motifs is 1. The standard InChI is InChI=1S/C18H25N3O4/c1-3-10-19-15-13-8-5-6-9-14(13)25-17(22)16(15)21-18(23)20-11-7-12-24-4-2/h5-6,8-9,19H,3-4,7,10-12H2,1-2H3,(H2,20,21,23). The molecule has 0 aliphatic carbocycles. The van der Waals surface area contributed by atoms with Gasteiger partial charge in [-0.2, -0.15) is 0 Å². The van der Waals surface area contributed by atoms with E-state index in [0.717, 1.165) is 11.8 Å².